The Labute approximate surface area is 158 Å². The third kappa shape index (κ3) is 4.04. The van der Waals surface area contributed by atoms with E-state index in [9.17, 15) is 9.90 Å². The predicted molar refractivity (Wildman–Crippen MR) is 100 cm³/mol. The number of benzene rings is 1. The second kappa shape index (κ2) is 7.58. The standard InChI is InChI=1S/C17H15Cl2N3O2S/c1-9(16(23)10-3-2-4-11(18)7-10)21-17(24)12-8-20-22-15(12)13-5-6-14(19)25-13/h2-9,16,23H,1H3,(H,20,22)(H,21,24). The number of carbonyl (C=O) groups excluding carboxylic acids is 1. The molecule has 0 aliphatic heterocycles. The van der Waals surface area contributed by atoms with E-state index in [4.69, 9.17) is 23.2 Å². The number of aliphatic hydroxyl groups is 1. The number of H-pyrrole nitrogens is 1. The first-order chi connectivity index (χ1) is 12.0. The van der Waals surface area contributed by atoms with Gasteiger partial charge in [-0.25, -0.2) is 0 Å². The highest BCUT2D eigenvalue weighted by Gasteiger charge is 2.22. The molecule has 2 aromatic heterocycles. The van der Waals surface area contributed by atoms with Crippen LogP contribution < -0.4 is 5.32 Å². The predicted octanol–water partition coefficient (Wildman–Crippen LogP) is 4.30. The van der Waals surface area contributed by atoms with Gasteiger partial charge in [0.05, 0.1) is 38.8 Å². The topological polar surface area (TPSA) is 78.0 Å². The van der Waals surface area contributed by atoms with Gasteiger partial charge in [0.15, 0.2) is 0 Å². The molecule has 0 bridgehead atoms. The number of rotatable bonds is 5. The summed E-state index contributed by atoms with van der Waals surface area (Å²) in [6.07, 6.45) is 0.575. The van der Waals surface area contributed by atoms with Crippen LogP contribution in [0.4, 0.5) is 0 Å². The molecule has 0 aliphatic carbocycles. The van der Waals surface area contributed by atoms with Crippen molar-refractivity contribution in [2.75, 3.05) is 0 Å². The minimum Gasteiger partial charge on any atom is -0.386 e. The first-order valence-electron chi connectivity index (χ1n) is 7.49. The second-order valence-corrected chi connectivity index (χ2v) is 7.68. The zero-order valence-electron chi connectivity index (χ0n) is 13.2. The first-order valence-corrected chi connectivity index (χ1v) is 9.06. The van der Waals surface area contributed by atoms with E-state index in [1.54, 1.807) is 37.3 Å². The van der Waals surface area contributed by atoms with E-state index in [1.807, 2.05) is 6.07 Å². The van der Waals surface area contributed by atoms with Crippen molar-refractivity contribution in [2.45, 2.75) is 19.1 Å². The molecule has 0 aliphatic rings. The Morgan fingerprint density at radius 2 is 2.12 bits per heavy atom. The maximum Gasteiger partial charge on any atom is 0.255 e. The molecule has 5 nitrogen and oxygen atoms in total. The molecule has 8 heteroatoms. The van der Waals surface area contributed by atoms with Crippen molar-refractivity contribution in [3.8, 4) is 10.6 Å². The first kappa shape index (κ1) is 17.9. The molecular weight excluding hydrogens is 381 g/mol. The van der Waals surface area contributed by atoms with Crippen LogP contribution in [0, 0.1) is 0 Å². The molecule has 1 aromatic carbocycles. The van der Waals surface area contributed by atoms with Crippen molar-refractivity contribution >= 4 is 40.4 Å². The molecule has 0 spiro atoms. The van der Waals surface area contributed by atoms with Crippen molar-refractivity contribution in [1.82, 2.24) is 15.5 Å². The molecular formula is C17H15Cl2N3O2S. The summed E-state index contributed by atoms with van der Waals surface area (Å²) in [5, 5.41) is 20.5. The summed E-state index contributed by atoms with van der Waals surface area (Å²) >= 11 is 13.3. The zero-order chi connectivity index (χ0) is 18.0. The van der Waals surface area contributed by atoms with Crippen molar-refractivity contribution in [1.29, 1.82) is 0 Å². The number of aromatic nitrogens is 2. The summed E-state index contributed by atoms with van der Waals surface area (Å²) in [5.74, 6) is -0.332. The Morgan fingerprint density at radius 3 is 2.80 bits per heavy atom. The lowest BCUT2D eigenvalue weighted by Crippen LogP contribution is -2.37. The van der Waals surface area contributed by atoms with Crippen LogP contribution in [0.5, 0.6) is 0 Å². The monoisotopic (exact) mass is 395 g/mol. The summed E-state index contributed by atoms with van der Waals surface area (Å²) in [6.45, 7) is 1.73. The van der Waals surface area contributed by atoms with E-state index < -0.39 is 12.1 Å². The number of aromatic amines is 1. The largest absolute Gasteiger partial charge is 0.386 e. The van der Waals surface area contributed by atoms with Crippen molar-refractivity contribution in [3.05, 3.63) is 63.1 Å². The molecule has 1 amide bonds. The molecule has 0 saturated carbocycles. The highest BCUT2D eigenvalue weighted by Crippen LogP contribution is 2.31. The Bertz CT molecular complexity index is 893. The van der Waals surface area contributed by atoms with E-state index in [0.29, 0.717) is 26.2 Å². The van der Waals surface area contributed by atoms with Gasteiger partial charge in [0.1, 0.15) is 0 Å². The third-order valence-electron chi connectivity index (χ3n) is 3.73. The van der Waals surface area contributed by atoms with E-state index in [0.717, 1.165) is 4.88 Å². The van der Waals surface area contributed by atoms with Crippen LogP contribution in [0.2, 0.25) is 9.36 Å². The van der Waals surface area contributed by atoms with Gasteiger partial charge in [-0.3, -0.25) is 9.89 Å². The number of thiophene rings is 1. The van der Waals surface area contributed by atoms with Gasteiger partial charge in [0.2, 0.25) is 0 Å². The molecule has 25 heavy (non-hydrogen) atoms. The molecule has 3 rings (SSSR count). The number of nitrogens with zero attached hydrogens (tertiary/aromatic N) is 1. The second-order valence-electron chi connectivity index (χ2n) is 5.52. The number of carbonyl (C=O) groups is 1. The highest BCUT2D eigenvalue weighted by atomic mass is 35.5. The molecule has 0 radical (unpaired) electrons. The van der Waals surface area contributed by atoms with Crippen molar-refractivity contribution < 1.29 is 9.90 Å². The zero-order valence-corrected chi connectivity index (χ0v) is 15.5. The number of aliphatic hydroxyl groups excluding tert-OH is 1. The maximum atomic E-state index is 12.6. The van der Waals surface area contributed by atoms with Gasteiger partial charge in [-0.1, -0.05) is 35.3 Å². The Hall–Kier alpha value is -1.86. The Balaban J connectivity index is 1.75. The van der Waals surface area contributed by atoms with Crippen molar-refractivity contribution in [3.63, 3.8) is 0 Å². The summed E-state index contributed by atoms with van der Waals surface area (Å²) in [7, 11) is 0. The van der Waals surface area contributed by atoms with Crippen LogP contribution in [0.15, 0.2) is 42.6 Å². The highest BCUT2D eigenvalue weighted by molar-refractivity contribution is 7.19. The van der Waals surface area contributed by atoms with E-state index in [-0.39, 0.29) is 5.91 Å². The molecule has 2 atom stereocenters. The van der Waals surface area contributed by atoms with Gasteiger partial charge < -0.3 is 10.4 Å². The molecule has 3 N–H and O–H groups in total. The number of nitrogens with one attached hydrogen (secondary N) is 2. The maximum absolute atomic E-state index is 12.6. The van der Waals surface area contributed by atoms with E-state index in [1.165, 1.54) is 17.5 Å². The van der Waals surface area contributed by atoms with Gasteiger partial charge in [-0.15, -0.1) is 11.3 Å². The van der Waals surface area contributed by atoms with Gasteiger partial charge in [0, 0.05) is 5.02 Å². The summed E-state index contributed by atoms with van der Waals surface area (Å²) < 4.78 is 0.626. The quantitative estimate of drug-likeness (QED) is 0.602. The van der Waals surface area contributed by atoms with Crippen LogP contribution in [0.3, 0.4) is 0 Å². The summed E-state index contributed by atoms with van der Waals surface area (Å²) in [6, 6.07) is 9.98. The van der Waals surface area contributed by atoms with E-state index >= 15 is 0 Å². The fourth-order valence-electron chi connectivity index (χ4n) is 2.44. The SMILES string of the molecule is CC(NC(=O)c1cn[nH]c1-c1ccc(Cl)s1)C(O)c1cccc(Cl)c1. The average Bonchev–Trinajstić information content (AvgIpc) is 3.22. The van der Waals surface area contributed by atoms with Gasteiger partial charge in [-0.05, 0) is 36.8 Å². The fraction of sp³-hybridized carbons (Fsp3) is 0.176. The van der Waals surface area contributed by atoms with Gasteiger partial charge in [0.25, 0.3) is 5.91 Å². The molecule has 2 unspecified atom stereocenters. The third-order valence-corrected chi connectivity index (χ3v) is 5.21. The minimum atomic E-state index is -0.880. The average molecular weight is 396 g/mol. The molecule has 2 heterocycles. The van der Waals surface area contributed by atoms with Gasteiger partial charge in [-0.2, -0.15) is 5.10 Å². The van der Waals surface area contributed by atoms with Crippen LogP contribution in [-0.4, -0.2) is 27.3 Å². The number of halogens is 2. The van der Waals surface area contributed by atoms with Gasteiger partial charge >= 0.3 is 0 Å². The van der Waals surface area contributed by atoms with Crippen LogP contribution >= 0.6 is 34.5 Å². The lowest BCUT2D eigenvalue weighted by Gasteiger charge is -2.20. The van der Waals surface area contributed by atoms with Crippen LogP contribution in [0.1, 0.15) is 28.9 Å². The number of hydrogen-bond donors (Lipinski definition) is 3. The Morgan fingerprint density at radius 1 is 1.32 bits per heavy atom. The molecule has 130 valence electrons. The molecule has 0 saturated heterocycles. The lowest BCUT2D eigenvalue weighted by molar-refractivity contribution is 0.0853. The molecule has 3 aromatic rings. The number of amides is 1. The molecule has 0 fully saturated rings. The van der Waals surface area contributed by atoms with E-state index in [2.05, 4.69) is 15.5 Å². The smallest absolute Gasteiger partial charge is 0.255 e. The van der Waals surface area contributed by atoms with Crippen LogP contribution in [-0.2, 0) is 0 Å². The number of hydrogen-bond acceptors (Lipinski definition) is 4. The fourth-order valence-corrected chi connectivity index (χ4v) is 3.69. The Kier molecular flexibility index (Phi) is 5.44. The lowest BCUT2D eigenvalue weighted by atomic mass is 10.0. The van der Waals surface area contributed by atoms with Crippen molar-refractivity contribution in [2.24, 2.45) is 0 Å². The summed E-state index contributed by atoms with van der Waals surface area (Å²) in [5.41, 5.74) is 1.63. The minimum absolute atomic E-state index is 0.332. The summed E-state index contributed by atoms with van der Waals surface area (Å²) in [4.78, 5) is 13.4. The normalized spacial score (nSPS) is 13.4. The van der Waals surface area contributed by atoms with Crippen LogP contribution in [0.25, 0.3) is 10.6 Å².